The van der Waals surface area contributed by atoms with Crippen LogP contribution < -0.4 is 4.74 Å². The monoisotopic (exact) mass is 501 g/mol. The Balaban J connectivity index is 1.50. The molecule has 0 saturated carbocycles. The molecule has 1 heterocycles. The molecule has 0 aromatic heterocycles. The number of ether oxygens (including phenoxy) is 2. The SMILES string of the molecule is COCCCN1C(=O)S/C(=C/c2cc(Cl)c(OCc3cccc4ccccc34)c(Cl)c2)C1=O. The van der Waals surface area contributed by atoms with E-state index in [1.165, 1.54) is 4.90 Å². The molecule has 0 unspecified atom stereocenters. The van der Waals surface area contributed by atoms with Gasteiger partial charge >= 0.3 is 0 Å². The van der Waals surface area contributed by atoms with E-state index < -0.39 is 0 Å². The summed E-state index contributed by atoms with van der Waals surface area (Å²) in [5, 5.41) is 2.59. The van der Waals surface area contributed by atoms with E-state index in [-0.39, 0.29) is 11.1 Å². The lowest BCUT2D eigenvalue weighted by Crippen LogP contribution is -2.29. The molecule has 3 aromatic carbocycles. The van der Waals surface area contributed by atoms with Crippen molar-refractivity contribution in [2.24, 2.45) is 0 Å². The topological polar surface area (TPSA) is 55.8 Å². The van der Waals surface area contributed by atoms with Gasteiger partial charge in [0.1, 0.15) is 6.61 Å². The van der Waals surface area contributed by atoms with E-state index in [4.69, 9.17) is 32.7 Å². The number of amides is 2. The van der Waals surface area contributed by atoms with Gasteiger partial charge in [0.25, 0.3) is 11.1 Å². The maximum absolute atomic E-state index is 12.6. The van der Waals surface area contributed by atoms with Crippen LogP contribution in [0.2, 0.25) is 10.0 Å². The van der Waals surface area contributed by atoms with Gasteiger partial charge in [-0.3, -0.25) is 14.5 Å². The number of hydrogen-bond donors (Lipinski definition) is 0. The van der Waals surface area contributed by atoms with E-state index >= 15 is 0 Å². The van der Waals surface area contributed by atoms with Crippen LogP contribution in [0.4, 0.5) is 4.79 Å². The van der Waals surface area contributed by atoms with Gasteiger partial charge in [-0.25, -0.2) is 0 Å². The zero-order valence-corrected chi connectivity index (χ0v) is 20.2. The number of imide groups is 1. The van der Waals surface area contributed by atoms with Gasteiger partial charge in [-0.2, -0.15) is 0 Å². The van der Waals surface area contributed by atoms with Crippen LogP contribution >= 0.6 is 35.0 Å². The van der Waals surface area contributed by atoms with Crippen molar-refractivity contribution in [3.63, 3.8) is 0 Å². The molecule has 33 heavy (non-hydrogen) atoms. The highest BCUT2D eigenvalue weighted by atomic mass is 35.5. The molecule has 3 aromatic rings. The predicted molar refractivity (Wildman–Crippen MR) is 134 cm³/mol. The van der Waals surface area contributed by atoms with Crippen LogP contribution in [-0.2, 0) is 16.1 Å². The Kier molecular flexibility index (Phi) is 7.60. The first-order valence-electron chi connectivity index (χ1n) is 10.3. The summed E-state index contributed by atoms with van der Waals surface area (Å²) in [7, 11) is 1.58. The van der Waals surface area contributed by atoms with Crippen LogP contribution in [0.5, 0.6) is 5.75 Å². The highest BCUT2D eigenvalue weighted by molar-refractivity contribution is 8.18. The molecule has 0 spiro atoms. The van der Waals surface area contributed by atoms with E-state index in [2.05, 4.69) is 0 Å². The van der Waals surface area contributed by atoms with Gasteiger partial charge in [0, 0.05) is 20.3 Å². The summed E-state index contributed by atoms with van der Waals surface area (Å²) in [5.74, 6) is 0.0423. The number of fused-ring (bicyclic) bond motifs is 1. The van der Waals surface area contributed by atoms with Crippen molar-refractivity contribution in [2.75, 3.05) is 20.3 Å². The molecule has 1 saturated heterocycles. The minimum Gasteiger partial charge on any atom is -0.486 e. The summed E-state index contributed by atoms with van der Waals surface area (Å²) in [6.45, 7) is 1.10. The highest BCUT2D eigenvalue weighted by Gasteiger charge is 2.34. The second kappa shape index (κ2) is 10.6. The van der Waals surface area contributed by atoms with E-state index in [9.17, 15) is 9.59 Å². The van der Waals surface area contributed by atoms with Gasteiger partial charge in [0.05, 0.1) is 15.0 Å². The third kappa shape index (κ3) is 5.36. The Morgan fingerprint density at radius 1 is 1.03 bits per heavy atom. The number of halogens is 2. The van der Waals surface area contributed by atoms with Crippen LogP contribution in [0.15, 0.2) is 59.5 Å². The Bertz CT molecular complexity index is 1220. The predicted octanol–water partition coefficient (Wildman–Crippen LogP) is 6.80. The molecule has 1 aliphatic rings. The van der Waals surface area contributed by atoms with Gasteiger partial charge in [0.15, 0.2) is 5.75 Å². The van der Waals surface area contributed by atoms with Crippen molar-refractivity contribution < 1.29 is 19.1 Å². The Hall–Kier alpha value is -2.51. The normalized spacial score (nSPS) is 15.1. The van der Waals surface area contributed by atoms with Gasteiger partial charge < -0.3 is 9.47 Å². The molecule has 0 bridgehead atoms. The average Bonchev–Trinajstić information content (AvgIpc) is 3.06. The summed E-state index contributed by atoms with van der Waals surface area (Å²) in [6, 6.07) is 17.4. The Labute approximate surface area is 206 Å². The fourth-order valence-electron chi connectivity index (χ4n) is 3.58. The van der Waals surface area contributed by atoms with Crippen LogP contribution in [0.25, 0.3) is 16.8 Å². The van der Waals surface area contributed by atoms with E-state index in [0.717, 1.165) is 28.1 Å². The van der Waals surface area contributed by atoms with Gasteiger partial charge in [-0.05, 0) is 58.3 Å². The summed E-state index contributed by atoms with van der Waals surface area (Å²) in [6.07, 6.45) is 2.20. The maximum Gasteiger partial charge on any atom is 0.293 e. The molecular formula is C25H21Cl2NO4S. The molecule has 0 aliphatic carbocycles. The molecule has 4 rings (SSSR count). The molecule has 0 N–H and O–H groups in total. The van der Waals surface area contributed by atoms with Crippen LogP contribution in [-0.4, -0.2) is 36.3 Å². The third-order valence-corrected chi connectivity index (χ3v) is 6.64. The second-order valence-corrected chi connectivity index (χ2v) is 9.23. The van der Waals surface area contributed by atoms with E-state index in [1.807, 2.05) is 42.5 Å². The summed E-state index contributed by atoms with van der Waals surface area (Å²) in [4.78, 5) is 26.3. The standard InChI is InChI=1S/C25H21Cl2NO4S/c1-31-11-5-10-28-24(29)22(33-25(28)30)14-16-12-20(26)23(21(27)13-16)32-15-18-8-4-7-17-6-2-3-9-19(17)18/h2-4,6-9,12-14H,5,10-11,15H2,1H3/b22-14+. The van der Waals surface area contributed by atoms with E-state index in [1.54, 1.807) is 25.3 Å². The largest absolute Gasteiger partial charge is 0.486 e. The maximum atomic E-state index is 12.6. The lowest BCUT2D eigenvalue weighted by Gasteiger charge is -2.13. The fourth-order valence-corrected chi connectivity index (χ4v) is 5.06. The smallest absolute Gasteiger partial charge is 0.293 e. The van der Waals surface area contributed by atoms with Crippen LogP contribution in [0.3, 0.4) is 0 Å². The number of carbonyl (C=O) groups excluding carboxylic acids is 2. The molecule has 1 aliphatic heterocycles. The van der Waals surface area contributed by atoms with E-state index in [0.29, 0.717) is 52.4 Å². The molecule has 170 valence electrons. The molecule has 0 radical (unpaired) electrons. The quantitative estimate of drug-likeness (QED) is 0.251. The lowest BCUT2D eigenvalue weighted by molar-refractivity contribution is -0.122. The lowest BCUT2D eigenvalue weighted by atomic mass is 10.1. The van der Waals surface area contributed by atoms with Crippen LogP contribution in [0.1, 0.15) is 17.5 Å². The van der Waals surface area contributed by atoms with Crippen molar-refractivity contribution >= 4 is 63.0 Å². The number of carbonyl (C=O) groups is 2. The first-order valence-corrected chi connectivity index (χ1v) is 11.9. The molecule has 1 fully saturated rings. The number of rotatable bonds is 8. The van der Waals surface area contributed by atoms with Gasteiger partial charge in [-0.1, -0.05) is 65.7 Å². The van der Waals surface area contributed by atoms with Crippen molar-refractivity contribution in [3.05, 3.63) is 80.7 Å². The average molecular weight is 502 g/mol. The Morgan fingerprint density at radius 2 is 1.76 bits per heavy atom. The number of hydrogen-bond acceptors (Lipinski definition) is 5. The molecule has 0 atom stereocenters. The van der Waals surface area contributed by atoms with Gasteiger partial charge in [-0.15, -0.1) is 0 Å². The zero-order valence-electron chi connectivity index (χ0n) is 17.8. The van der Waals surface area contributed by atoms with Crippen molar-refractivity contribution in [1.82, 2.24) is 4.90 Å². The van der Waals surface area contributed by atoms with Crippen molar-refractivity contribution in [2.45, 2.75) is 13.0 Å². The van der Waals surface area contributed by atoms with Crippen LogP contribution in [0, 0.1) is 0 Å². The minimum absolute atomic E-state index is 0.297. The highest BCUT2D eigenvalue weighted by Crippen LogP contribution is 2.38. The molecule has 8 heteroatoms. The number of thioether (sulfide) groups is 1. The number of benzene rings is 3. The minimum atomic E-state index is -0.329. The first-order chi connectivity index (χ1) is 16.0. The van der Waals surface area contributed by atoms with Gasteiger partial charge in [0.2, 0.25) is 0 Å². The molecular weight excluding hydrogens is 481 g/mol. The second-order valence-electron chi connectivity index (χ2n) is 7.42. The summed E-state index contributed by atoms with van der Waals surface area (Å²) in [5.41, 5.74) is 1.64. The number of nitrogens with zero attached hydrogens (tertiary/aromatic N) is 1. The molecule has 2 amide bonds. The Morgan fingerprint density at radius 3 is 2.52 bits per heavy atom. The van der Waals surface area contributed by atoms with Crippen molar-refractivity contribution in [3.8, 4) is 5.75 Å². The number of methoxy groups -OCH3 is 1. The summed E-state index contributed by atoms with van der Waals surface area (Å²) < 4.78 is 11.0. The fraction of sp³-hybridized carbons (Fsp3) is 0.200. The zero-order chi connectivity index (χ0) is 23.4. The first kappa shape index (κ1) is 23.6. The molecule has 5 nitrogen and oxygen atoms in total. The van der Waals surface area contributed by atoms with Crippen molar-refractivity contribution in [1.29, 1.82) is 0 Å². The third-order valence-electron chi connectivity index (χ3n) is 5.17. The summed E-state index contributed by atoms with van der Waals surface area (Å²) >= 11 is 13.8.